The Bertz CT molecular complexity index is 570. The van der Waals surface area contributed by atoms with Gasteiger partial charge in [0.25, 0.3) is 9.05 Å². The Hall–Kier alpha value is -1.27. The number of ether oxygens (including phenoxy) is 1. The second kappa shape index (κ2) is 4.19. The van der Waals surface area contributed by atoms with E-state index >= 15 is 0 Å². The molecule has 0 unspecified atom stereocenters. The second-order valence-electron chi connectivity index (χ2n) is 3.62. The lowest BCUT2D eigenvalue weighted by Gasteiger charge is -2.16. The first-order chi connectivity index (χ1) is 7.89. The normalized spacial score (nSPS) is 16.1. The first-order valence-electron chi connectivity index (χ1n) is 4.87. The summed E-state index contributed by atoms with van der Waals surface area (Å²) in [6.07, 6.45) is 0.258. The van der Waals surface area contributed by atoms with Crippen molar-refractivity contribution in [2.45, 2.75) is 11.3 Å². The van der Waals surface area contributed by atoms with E-state index in [2.05, 4.69) is 0 Å². The molecule has 0 atom stereocenters. The average molecular weight is 276 g/mol. The van der Waals surface area contributed by atoms with E-state index in [9.17, 15) is 13.2 Å². The van der Waals surface area contributed by atoms with Gasteiger partial charge in [0.05, 0.1) is 23.6 Å². The highest BCUT2D eigenvalue weighted by Crippen LogP contribution is 2.33. The van der Waals surface area contributed by atoms with Crippen LogP contribution in [-0.2, 0) is 13.8 Å². The highest BCUT2D eigenvalue weighted by Gasteiger charge is 2.22. The minimum absolute atomic E-state index is 0.0527. The molecule has 0 aromatic heterocycles. The van der Waals surface area contributed by atoms with Crippen molar-refractivity contribution in [1.29, 1.82) is 0 Å². The Morgan fingerprint density at radius 1 is 1.41 bits per heavy atom. The topological polar surface area (TPSA) is 63.7 Å². The van der Waals surface area contributed by atoms with Crippen molar-refractivity contribution in [1.82, 2.24) is 0 Å². The molecule has 1 aromatic rings. The quantitative estimate of drug-likeness (QED) is 0.726. The number of nitrogens with zero attached hydrogens (tertiary/aromatic N) is 1. The van der Waals surface area contributed by atoms with Gasteiger partial charge in [-0.2, -0.15) is 0 Å². The molecule has 0 aliphatic carbocycles. The molecule has 0 bridgehead atoms. The molecule has 0 saturated heterocycles. The van der Waals surface area contributed by atoms with Crippen LogP contribution in [-0.4, -0.2) is 28.0 Å². The van der Waals surface area contributed by atoms with Gasteiger partial charge >= 0.3 is 0 Å². The summed E-state index contributed by atoms with van der Waals surface area (Å²) < 4.78 is 27.8. The first-order valence-corrected chi connectivity index (χ1v) is 7.18. The van der Waals surface area contributed by atoms with E-state index in [1.54, 1.807) is 7.05 Å². The van der Waals surface area contributed by atoms with E-state index in [4.69, 9.17) is 15.4 Å². The zero-order valence-corrected chi connectivity index (χ0v) is 10.6. The number of benzene rings is 1. The smallest absolute Gasteiger partial charge is 0.261 e. The van der Waals surface area contributed by atoms with E-state index in [-0.39, 0.29) is 23.8 Å². The summed E-state index contributed by atoms with van der Waals surface area (Å²) in [5.41, 5.74) is 0.411. The van der Waals surface area contributed by atoms with Crippen LogP contribution in [0, 0.1) is 0 Å². The van der Waals surface area contributed by atoms with Crippen molar-refractivity contribution >= 4 is 31.3 Å². The monoisotopic (exact) mass is 275 g/mol. The molecule has 1 heterocycles. The summed E-state index contributed by atoms with van der Waals surface area (Å²) >= 11 is 0. The summed E-state index contributed by atoms with van der Waals surface area (Å²) in [7, 11) is 3.01. The summed E-state index contributed by atoms with van der Waals surface area (Å²) in [5, 5.41) is 0. The molecule has 0 spiro atoms. The summed E-state index contributed by atoms with van der Waals surface area (Å²) in [4.78, 5) is 12.9. The fourth-order valence-electron chi connectivity index (χ4n) is 1.58. The standard InChI is InChI=1S/C10H10ClNO4S/c1-12-8-6-7(17(11,14)15)2-3-9(8)16-5-4-10(12)13/h2-3,6H,4-5H2,1H3. The van der Waals surface area contributed by atoms with Gasteiger partial charge in [-0.25, -0.2) is 8.42 Å². The van der Waals surface area contributed by atoms with Crippen LogP contribution < -0.4 is 9.64 Å². The molecule has 0 radical (unpaired) electrons. The summed E-state index contributed by atoms with van der Waals surface area (Å²) in [6, 6.07) is 4.19. The van der Waals surface area contributed by atoms with Gasteiger partial charge in [0.1, 0.15) is 5.75 Å². The van der Waals surface area contributed by atoms with Crippen LogP contribution in [0.5, 0.6) is 5.75 Å². The third-order valence-electron chi connectivity index (χ3n) is 2.52. The minimum atomic E-state index is -3.81. The number of carbonyl (C=O) groups excluding carboxylic acids is 1. The molecule has 5 nitrogen and oxygen atoms in total. The molecule has 1 amide bonds. The van der Waals surface area contributed by atoms with Gasteiger partial charge < -0.3 is 9.64 Å². The van der Waals surface area contributed by atoms with Crippen LogP contribution >= 0.6 is 10.7 Å². The number of amides is 1. The third kappa shape index (κ3) is 2.37. The number of anilines is 1. The molecule has 2 rings (SSSR count). The zero-order valence-electron chi connectivity index (χ0n) is 9.01. The predicted octanol–water partition coefficient (Wildman–Crippen LogP) is 1.36. The number of hydrogen-bond donors (Lipinski definition) is 0. The number of carbonyl (C=O) groups is 1. The van der Waals surface area contributed by atoms with Crippen LogP contribution in [0.3, 0.4) is 0 Å². The van der Waals surface area contributed by atoms with E-state index < -0.39 is 9.05 Å². The van der Waals surface area contributed by atoms with Crippen LogP contribution in [0.15, 0.2) is 23.1 Å². The predicted molar refractivity (Wildman–Crippen MR) is 63.0 cm³/mol. The van der Waals surface area contributed by atoms with Crippen LogP contribution in [0.2, 0.25) is 0 Å². The van der Waals surface area contributed by atoms with Crippen molar-refractivity contribution in [3.8, 4) is 5.75 Å². The molecular formula is C10H10ClNO4S. The fourth-order valence-corrected chi connectivity index (χ4v) is 2.35. The van der Waals surface area contributed by atoms with Crippen molar-refractivity contribution in [3.63, 3.8) is 0 Å². The maximum absolute atomic E-state index is 11.6. The van der Waals surface area contributed by atoms with Gasteiger partial charge in [-0.15, -0.1) is 0 Å². The molecule has 1 aromatic carbocycles. The van der Waals surface area contributed by atoms with Crippen LogP contribution in [0.25, 0.3) is 0 Å². The molecule has 92 valence electrons. The molecule has 1 aliphatic rings. The minimum Gasteiger partial charge on any atom is -0.491 e. The SMILES string of the molecule is CN1C(=O)CCOc2ccc(S(=O)(=O)Cl)cc21. The van der Waals surface area contributed by atoms with Gasteiger partial charge in [-0.05, 0) is 18.2 Å². The molecule has 1 aliphatic heterocycles. The van der Waals surface area contributed by atoms with Crippen molar-refractivity contribution in [2.24, 2.45) is 0 Å². The fraction of sp³-hybridized carbons (Fsp3) is 0.300. The number of halogens is 1. The Morgan fingerprint density at radius 2 is 2.12 bits per heavy atom. The molecule has 0 saturated carbocycles. The highest BCUT2D eigenvalue weighted by molar-refractivity contribution is 8.13. The lowest BCUT2D eigenvalue weighted by atomic mass is 10.2. The Labute approximate surface area is 103 Å². The third-order valence-corrected chi connectivity index (χ3v) is 3.87. The lowest BCUT2D eigenvalue weighted by molar-refractivity contribution is -0.118. The molecule has 0 fully saturated rings. The average Bonchev–Trinajstić information content (AvgIpc) is 2.39. The molecule has 0 N–H and O–H groups in total. The highest BCUT2D eigenvalue weighted by atomic mass is 35.7. The van der Waals surface area contributed by atoms with Crippen molar-refractivity contribution in [3.05, 3.63) is 18.2 Å². The van der Waals surface area contributed by atoms with Gasteiger partial charge in [-0.1, -0.05) is 0 Å². The second-order valence-corrected chi connectivity index (χ2v) is 6.18. The molecular weight excluding hydrogens is 266 g/mol. The Balaban J connectivity index is 2.57. The molecule has 7 heteroatoms. The van der Waals surface area contributed by atoms with Crippen molar-refractivity contribution < 1.29 is 17.9 Å². The Kier molecular flexibility index (Phi) is 3.01. The van der Waals surface area contributed by atoms with Crippen LogP contribution in [0.4, 0.5) is 5.69 Å². The van der Waals surface area contributed by atoms with E-state index in [1.807, 2.05) is 0 Å². The Morgan fingerprint density at radius 3 is 2.76 bits per heavy atom. The maximum atomic E-state index is 11.6. The van der Waals surface area contributed by atoms with Gasteiger partial charge in [0, 0.05) is 17.7 Å². The van der Waals surface area contributed by atoms with Gasteiger partial charge in [0.2, 0.25) is 5.91 Å². The maximum Gasteiger partial charge on any atom is 0.261 e. The van der Waals surface area contributed by atoms with Crippen molar-refractivity contribution in [2.75, 3.05) is 18.6 Å². The largest absolute Gasteiger partial charge is 0.491 e. The van der Waals surface area contributed by atoms with E-state index in [1.165, 1.54) is 23.1 Å². The molecule has 17 heavy (non-hydrogen) atoms. The zero-order chi connectivity index (χ0) is 12.6. The van der Waals surface area contributed by atoms with Gasteiger partial charge in [0.15, 0.2) is 0 Å². The van der Waals surface area contributed by atoms with E-state index in [0.29, 0.717) is 11.4 Å². The van der Waals surface area contributed by atoms with E-state index in [0.717, 1.165) is 0 Å². The summed E-state index contributed by atoms with van der Waals surface area (Å²) in [6.45, 7) is 0.281. The lowest BCUT2D eigenvalue weighted by Crippen LogP contribution is -2.25. The first kappa shape index (κ1) is 12.2. The number of fused-ring (bicyclic) bond motifs is 1. The number of hydrogen-bond acceptors (Lipinski definition) is 4. The number of rotatable bonds is 1. The van der Waals surface area contributed by atoms with Crippen LogP contribution in [0.1, 0.15) is 6.42 Å². The van der Waals surface area contributed by atoms with Gasteiger partial charge in [-0.3, -0.25) is 4.79 Å². The summed E-state index contributed by atoms with van der Waals surface area (Å²) in [5.74, 6) is 0.343.